The molecule has 4 heteroatoms. The van der Waals surface area contributed by atoms with Crippen LogP contribution in [0, 0.1) is 0 Å². The predicted octanol–water partition coefficient (Wildman–Crippen LogP) is -0.608. The first-order chi connectivity index (χ1) is 2.73. The van der Waals surface area contributed by atoms with Crippen LogP contribution in [0.2, 0.25) is 6.82 Å². The first-order valence-electron chi connectivity index (χ1n) is 1.36. The van der Waals surface area contributed by atoms with Crippen LogP contribution in [-0.2, 0) is 0 Å². The van der Waals surface area contributed by atoms with Crippen molar-refractivity contribution in [3.63, 3.8) is 0 Å². The van der Waals surface area contributed by atoms with E-state index in [-0.39, 0.29) is 5.11 Å². The maximum atomic E-state index is 4.62. The molecule has 6 heavy (non-hydrogen) atoms. The maximum absolute atomic E-state index is 4.62. The van der Waals surface area contributed by atoms with Crippen LogP contribution in [0.25, 0.3) is 0 Å². The first-order valence-corrected chi connectivity index (χ1v) is 1.77. The molecule has 34 valence electrons. The Labute approximate surface area is 44.3 Å². The minimum atomic E-state index is 0.000000000000000222. The lowest BCUT2D eigenvalue weighted by molar-refractivity contribution is 1.65. The molecule has 0 aliphatic heterocycles. The van der Waals surface area contributed by atoms with Gasteiger partial charge in [0.05, 0.1) is 7.85 Å². The van der Waals surface area contributed by atoms with Crippen molar-refractivity contribution >= 4 is 25.2 Å². The molecule has 0 atom stereocenters. The quantitative estimate of drug-likeness (QED) is 0.317. The summed E-state index contributed by atoms with van der Waals surface area (Å²) in [5, 5.41) is 0.000000000000000222. The maximum Gasteiger partial charge on any atom is 0.160 e. The second kappa shape index (κ2) is 8.83. The van der Waals surface area contributed by atoms with Gasteiger partial charge in [0.1, 0.15) is 0 Å². The fourth-order valence-corrected chi connectivity index (χ4v) is 0. The van der Waals surface area contributed by atoms with E-state index in [0.29, 0.717) is 0 Å². The van der Waals surface area contributed by atoms with Gasteiger partial charge >= 0.3 is 0 Å². The summed E-state index contributed by atoms with van der Waals surface area (Å²) in [5.74, 6) is 0. The molecule has 0 aromatic rings. The molecule has 0 aromatic heterocycles. The third-order valence-corrected chi connectivity index (χ3v) is 0. The normalized spacial score (nSPS) is 4.83. The average molecular weight is 102 g/mol. The fraction of sp³-hybridized carbons (Fsp3) is 0.500. The highest BCUT2D eigenvalue weighted by molar-refractivity contribution is 7.80. The number of hydrogen-bond donors (Lipinski definition) is 2. The summed E-state index contributed by atoms with van der Waals surface area (Å²) in [5.41, 5.74) is 9.24. The summed E-state index contributed by atoms with van der Waals surface area (Å²) in [6.07, 6.45) is 0. The SMILES string of the molecule is NC(N)=S.[B]C. The zero-order chi connectivity index (χ0) is 5.58. The lowest BCUT2D eigenvalue weighted by Crippen LogP contribution is -2.18. The Hall–Kier alpha value is -0.245. The predicted molar refractivity (Wildman–Crippen MR) is 32.6 cm³/mol. The molecule has 0 heterocycles. The summed E-state index contributed by atoms with van der Waals surface area (Å²) in [7, 11) is 4.50. The molecule has 0 saturated heterocycles. The highest BCUT2D eigenvalue weighted by Crippen LogP contribution is 1.32. The van der Waals surface area contributed by atoms with Crippen LogP contribution in [-0.4, -0.2) is 13.0 Å². The van der Waals surface area contributed by atoms with Gasteiger partial charge in [0.2, 0.25) is 0 Å². The summed E-state index contributed by atoms with van der Waals surface area (Å²) >= 11 is 4.09. The fourth-order valence-electron chi connectivity index (χ4n) is 0. The van der Waals surface area contributed by atoms with Crippen molar-refractivity contribution in [3.8, 4) is 0 Å². The van der Waals surface area contributed by atoms with Gasteiger partial charge in [-0.3, -0.25) is 0 Å². The van der Waals surface area contributed by atoms with E-state index in [1.54, 1.807) is 0 Å². The molecule has 2 radical (unpaired) electrons. The van der Waals surface area contributed by atoms with Crippen molar-refractivity contribution in [2.75, 3.05) is 0 Å². The number of hydrogen-bond acceptors (Lipinski definition) is 1. The topological polar surface area (TPSA) is 52.0 Å². The van der Waals surface area contributed by atoms with Crippen LogP contribution in [0.5, 0.6) is 0 Å². The Morgan fingerprint density at radius 1 is 1.50 bits per heavy atom. The van der Waals surface area contributed by atoms with Crippen LogP contribution >= 0.6 is 12.2 Å². The van der Waals surface area contributed by atoms with E-state index in [9.17, 15) is 0 Å². The number of thiocarbonyl (C=S) groups is 1. The van der Waals surface area contributed by atoms with Gasteiger partial charge in [-0.1, -0.05) is 6.82 Å². The van der Waals surface area contributed by atoms with Gasteiger partial charge in [0.15, 0.2) is 5.11 Å². The van der Waals surface area contributed by atoms with Gasteiger partial charge in [0, 0.05) is 0 Å². The first kappa shape index (κ1) is 9.23. The molecule has 0 rings (SSSR count). The molecule has 0 spiro atoms. The van der Waals surface area contributed by atoms with E-state index < -0.39 is 0 Å². The molecule has 0 fully saturated rings. The Balaban J connectivity index is 0. The zero-order valence-electron chi connectivity index (χ0n) is 3.64. The van der Waals surface area contributed by atoms with Crippen molar-refractivity contribution in [2.45, 2.75) is 6.82 Å². The van der Waals surface area contributed by atoms with E-state index in [4.69, 9.17) is 0 Å². The molecule has 4 N–H and O–H groups in total. The van der Waals surface area contributed by atoms with Gasteiger partial charge < -0.3 is 11.5 Å². The Morgan fingerprint density at radius 3 is 1.50 bits per heavy atom. The molecule has 2 nitrogen and oxygen atoms in total. The number of nitrogens with two attached hydrogens (primary N) is 2. The summed E-state index contributed by atoms with van der Waals surface area (Å²) < 4.78 is 0. The second-order valence-electron chi connectivity index (χ2n) is 0.402. The second-order valence-corrected chi connectivity index (χ2v) is 0.874. The van der Waals surface area contributed by atoms with Crippen LogP contribution in [0.3, 0.4) is 0 Å². The largest absolute Gasteiger partial charge is 0.377 e. The molecule has 0 bridgehead atoms. The van der Waals surface area contributed by atoms with Gasteiger partial charge in [-0.15, -0.1) is 0 Å². The van der Waals surface area contributed by atoms with Crippen molar-refractivity contribution in [1.82, 2.24) is 0 Å². The van der Waals surface area contributed by atoms with E-state index in [2.05, 4.69) is 31.5 Å². The molecule has 0 saturated carbocycles. The monoisotopic (exact) mass is 102 g/mol. The average Bonchev–Trinajstić information content (AvgIpc) is 1.41. The number of rotatable bonds is 0. The molecule has 0 unspecified atom stereocenters. The van der Waals surface area contributed by atoms with Crippen molar-refractivity contribution in [2.24, 2.45) is 11.5 Å². The Bertz CT molecular complexity index is 34.5. The molecule has 0 aromatic carbocycles. The molecule has 0 amide bonds. The highest BCUT2D eigenvalue weighted by atomic mass is 32.1. The zero-order valence-corrected chi connectivity index (χ0v) is 4.46. The highest BCUT2D eigenvalue weighted by Gasteiger charge is 1.53. The van der Waals surface area contributed by atoms with Crippen molar-refractivity contribution in [3.05, 3.63) is 0 Å². The Morgan fingerprint density at radius 2 is 1.50 bits per heavy atom. The van der Waals surface area contributed by atoms with Gasteiger partial charge in [-0.05, 0) is 12.2 Å². The standard InChI is InChI=1S/CH3B.CH4N2S/c1-2;2-1(3)4/h1H3;(H4,2,3,4). The van der Waals surface area contributed by atoms with Crippen LogP contribution in [0.1, 0.15) is 0 Å². The molecule has 0 aliphatic carbocycles. The van der Waals surface area contributed by atoms with E-state index in [0.717, 1.165) is 0 Å². The third-order valence-electron chi connectivity index (χ3n) is 0. The van der Waals surface area contributed by atoms with Gasteiger partial charge in [-0.25, -0.2) is 0 Å². The van der Waals surface area contributed by atoms with E-state index >= 15 is 0 Å². The summed E-state index contributed by atoms with van der Waals surface area (Å²) in [6, 6.07) is 0. The molecule has 0 aliphatic rings. The van der Waals surface area contributed by atoms with Crippen molar-refractivity contribution < 1.29 is 0 Å². The molecular weight excluding hydrogens is 94.9 g/mol. The summed E-state index contributed by atoms with van der Waals surface area (Å²) in [6.45, 7) is 1.50. The third kappa shape index (κ3) is 475. The Kier molecular flexibility index (Phi) is 13.6. The van der Waals surface area contributed by atoms with Crippen LogP contribution in [0.4, 0.5) is 0 Å². The smallest absolute Gasteiger partial charge is 0.160 e. The minimum absolute atomic E-state index is 0.000000000000000222. The lowest BCUT2D eigenvalue weighted by Gasteiger charge is -1.68. The van der Waals surface area contributed by atoms with Gasteiger partial charge in [-0.2, -0.15) is 0 Å². The summed E-state index contributed by atoms with van der Waals surface area (Å²) in [4.78, 5) is 0. The van der Waals surface area contributed by atoms with Crippen LogP contribution in [0.15, 0.2) is 0 Å². The van der Waals surface area contributed by atoms with E-state index in [1.807, 2.05) is 0 Å². The van der Waals surface area contributed by atoms with Crippen LogP contribution < -0.4 is 11.5 Å². The van der Waals surface area contributed by atoms with Gasteiger partial charge in [0.25, 0.3) is 0 Å². The molecular formula is C2H7BN2S. The lowest BCUT2D eigenvalue weighted by atomic mass is 10.2. The van der Waals surface area contributed by atoms with Crippen molar-refractivity contribution in [1.29, 1.82) is 0 Å². The minimum Gasteiger partial charge on any atom is -0.377 e. The van der Waals surface area contributed by atoms with E-state index in [1.165, 1.54) is 6.82 Å².